The van der Waals surface area contributed by atoms with Crippen molar-refractivity contribution < 1.29 is 21.6 Å². The van der Waals surface area contributed by atoms with Crippen LogP contribution in [0.15, 0.2) is 50.6 Å². The normalized spacial score (nSPS) is 16.6. The fourth-order valence-corrected chi connectivity index (χ4v) is 4.77. The Hall–Kier alpha value is -2.25. The minimum Gasteiger partial charge on any atom is -0.459 e. The lowest BCUT2D eigenvalue weighted by Gasteiger charge is -2.29. The molecular weight excluding hydrogens is 360 g/mol. The number of fused-ring (bicyclic) bond motifs is 3. The number of hydrogen-bond acceptors (Lipinski definition) is 4. The lowest BCUT2D eigenvalue weighted by Crippen LogP contribution is -2.41. The van der Waals surface area contributed by atoms with Crippen LogP contribution in [0.4, 0.5) is 8.78 Å². The summed E-state index contributed by atoms with van der Waals surface area (Å²) in [7, 11) is -4.06. The van der Waals surface area contributed by atoms with Crippen molar-refractivity contribution in [3.8, 4) is 0 Å². The van der Waals surface area contributed by atoms with Crippen molar-refractivity contribution in [2.24, 2.45) is 0 Å². The van der Waals surface area contributed by atoms with Gasteiger partial charge in [0.1, 0.15) is 23.0 Å². The van der Waals surface area contributed by atoms with Gasteiger partial charge >= 0.3 is 0 Å². The smallest absolute Gasteiger partial charge is 0.206 e. The van der Waals surface area contributed by atoms with E-state index in [-0.39, 0.29) is 10.4 Å². The quantitative estimate of drug-likeness (QED) is 0.735. The highest BCUT2D eigenvalue weighted by Crippen LogP contribution is 2.37. The fraction of sp³-hybridized carbons (Fsp3) is 0.263. The Labute approximate surface area is 149 Å². The number of nitrogens with one attached hydrogen (secondary N) is 1. The van der Waals surface area contributed by atoms with Crippen LogP contribution in [0.1, 0.15) is 25.2 Å². The number of sulfone groups is 1. The molecule has 3 aromatic rings. The Morgan fingerprint density at radius 1 is 1.04 bits per heavy atom. The van der Waals surface area contributed by atoms with Gasteiger partial charge in [-0.3, -0.25) is 0 Å². The van der Waals surface area contributed by atoms with E-state index in [0.29, 0.717) is 11.6 Å². The molecule has 0 saturated carbocycles. The van der Waals surface area contributed by atoms with Gasteiger partial charge in [0.2, 0.25) is 9.84 Å². The van der Waals surface area contributed by atoms with Gasteiger partial charge < -0.3 is 9.73 Å². The average Bonchev–Trinajstić information content (AvgIpc) is 2.93. The van der Waals surface area contributed by atoms with Crippen LogP contribution in [-0.4, -0.2) is 15.0 Å². The second kappa shape index (κ2) is 5.62. The first kappa shape index (κ1) is 17.2. The lowest BCUT2D eigenvalue weighted by molar-refractivity contribution is 0.310. The molecule has 26 heavy (non-hydrogen) atoms. The zero-order valence-corrected chi connectivity index (χ0v) is 15.1. The number of furan rings is 1. The van der Waals surface area contributed by atoms with E-state index in [4.69, 9.17) is 4.42 Å². The average molecular weight is 377 g/mol. The van der Waals surface area contributed by atoms with E-state index in [1.54, 1.807) is 6.07 Å². The van der Waals surface area contributed by atoms with E-state index in [1.807, 2.05) is 13.8 Å². The van der Waals surface area contributed by atoms with Crippen LogP contribution >= 0.6 is 0 Å². The van der Waals surface area contributed by atoms with Gasteiger partial charge in [0, 0.05) is 29.6 Å². The summed E-state index contributed by atoms with van der Waals surface area (Å²) in [4.78, 5) is -0.487. The van der Waals surface area contributed by atoms with Gasteiger partial charge in [-0.05, 0) is 44.5 Å². The van der Waals surface area contributed by atoms with Crippen LogP contribution < -0.4 is 5.32 Å². The Morgan fingerprint density at radius 2 is 1.73 bits per heavy atom. The molecule has 0 bridgehead atoms. The number of rotatable bonds is 2. The van der Waals surface area contributed by atoms with Crippen molar-refractivity contribution in [2.45, 2.75) is 35.6 Å². The van der Waals surface area contributed by atoms with Gasteiger partial charge in [0.15, 0.2) is 0 Å². The largest absolute Gasteiger partial charge is 0.459 e. The molecule has 136 valence electrons. The molecule has 0 unspecified atom stereocenters. The van der Waals surface area contributed by atoms with Crippen molar-refractivity contribution in [3.63, 3.8) is 0 Å². The van der Waals surface area contributed by atoms with Gasteiger partial charge in [0.25, 0.3) is 0 Å². The molecule has 7 heteroatoms. The molecule has 1 aromatic heterocycles. The standard InChI is InChI=1S/C19H17F2NO3S/c1-19(2)18-16(5-6-22-19)15-4-3-13(10-17(15)25-18)26(23,24)14-8-11(20)7-12(21)9-14/h3-4,7-10,22H,5-6H2,1-2H3. The first-order chi connectivity index (χ1) is 12.2. The van der Waals surface area contributed by atoms with Crippen molar-refractivity contribution in [1.29, 1.82) is 0 Å². The van der Waals surface area contributed by atoms with E-state index in [1.165, 1.54) is 12.1 Å². The van der Waals surface area contributed by atoms with E-state index in [9.17, 15) is 17.2 Å². The van der Waals surface area contributed by atoms with Gasteiger partial charge in [-0.15, -0.1) is 0 Å². The molecule has 0 radical (unpaired) electrons. The molecule has 0 fully saturated rings. The van der Waals surface area contributed by atoms with Gasteiger partial charge in [0.05, 0.1) is 15.3 Å². The highest BCUT2D eigenvalue weighted by molar-refractivity contribution is 7.91. The summed E-state index contributed by atoms with van der Waals surface area (Å²) in [5.41, 5.74) is 1.16. The maximum absolute atomic E-state index is 13.4. The van der Waals surface area contributed by atoms with Crippen molar-refractivity contribution >= 4 is 20.8 Å². The van der Waals surface area contributed by atoms with Crippen LogP contribution in [0.5, 0.6) is 0 Å². The molecule has 2 aromatic carbocycles. The Balaban J connectivity index is 1.88. The van der Waals surface area contributed by atoms with E-state index in [0.717, 1.165) is 41.8 Å². The second-order valence-electron chi connectivity index (χ2n) is 6.98. The molecule has 2 heterocycles. The van der Waals surface area contributed by atoms with Crippen LogP contribution in [0.3, 0.4) is 0 Å². The molecule has 4 rings (SSSR count). The zero-order valence-electron chi connectivity index (χ0n) is 14.3. The van der Waals surface area contributed by atoms with Gasteiger partial charge in [-0.25, -0.2) is 17.2 Å². The number of benzene rings is 2. The molecule has 4 nitrogen and oxygen atoms in total. The number of halogens is 2. The van der Waals surface area contributed by atoms with Crippen LogP contribution in [-0.2, 0) is 21.8 Å². The van der Waals surface area contributed by atoms with Crippen molar-refractivity contribution in [1.82, 2.24) is 5.32 Å². The molecule has 0 saturated heterocycles. The van der Waals surface area contributed by atoms with E-state index >= 15 is 0 Å². The Kier molecular flexibility index (Phi) is 3.71. The zero-order chi connectivity index (χ0) is 18.7. The predicted octanol–water partition coefficient (Wildman–Crippen LogP) is 3.92. The molecule has 0 spiro atoms. The highest BCUT2D eigenvalue weighted by atomic mass is 32.2. The van der Waals surface area contributed by atoms with Gasteiger partial charge in [-0.1, -0.05) is 0 Å². The van der Waals surface area contributed by atoms with Crippen molar-refractivity contribution in [2.75, 3.05) is 6.54 Å². The summed E-state index contributed by atoms with van der Waals surface area (Å²) in [6, 6.07) is 6.82. The topological polar surface area (TPSA) is 59.3 Å². The molecular formula is C19H17F2NO3S. The first-order valence-electron chi connectivity index (χ1n) is 8.20. The Morgan fingerprint density at radius 3 is 2.42 bits per heavy atom. The van der Waals surface area contributed by atoms with Crippen molar-refractivity contribution in [3.05, 3.63) is 59.4 Å². The first-order valence-corrected chi connectivity index (χ1v) is 9.69. The maximum Gasteiger partial charge on any atom is 0.206 e. The predicted molar refractivity (Wildman–Crippen MR) is 92.8 cm³/mol. The summed E-state index contributed by atoms with van der Waals surface area (Å²) in [6.07, 6.45) is 0.785. The summed E-state index contributed by atoms with van der Waals surface area (Å²) < 4.78 is 58.4. The number of hydrogen-bond donors (Lipinski definition) is 1. The summed E-state index contributed by atoms with van der Waals surface area (Å²) in [5, 5.41) is 4.22. The van der Waals surface area contributed by atoms with E-state index in [2.05, 4.69) is 5.32 Å². The van der Waals surface area contributed by atoms with Crippen LogP contribution in [0.2, 0.25) is 0 Å². The summed E-state index contributed by atoms with van der Waals surface area (Å²) >= 11 is 0. The Bertz CT molecular complexity index is 1110. The fourth-order valence-electron chi connectivity index (χ4n) is 3.45. The minimum atomic E-state index is -4.06. The summed E-state index contributed by atoms with van der Waals surface area (Å²) in [5.74, 6) is -1.10. The monoisotopic (exact) mass is 377 g/mol. The van der Waals surface area contributed by atoms with E-state index < -0.39 is 26.4 Å². The SMILES string of the molecule is CC1(C)NCCc2c1oc1cc(S(=O)(=O)c3cc(F)cc(F)c3)ccc21. The third-order valence-corrected chi connectivity index (χ3v) is 6.46. The molecule has 0 atom stereocenters. The van der Waals surface area contributed by atoms with Crippen LogP contribution in [0, 0.1) is 11.6 Å². The maximum atomic E-state index is 13.4. The molecule has 1 aliphatic rings. The van der Waals surface area contributed by atoms with Gasteiger partial charge in [-0.2, -0.15) is 0 Å². The van der Waals surface area contributed by atoms with Crippen LogP contribution in [0.25, 0.3) is 11.0 Å². The molecule has 0 aliphatic carbocycles. The second-order valence-corrected chi connectivity index (χ2v) is 8.93. The molecule has 1 N–H and O–H groups in total. The molecule has 0 amide bonds. The molecule has 1 aliphatic heterocycles. The minimum absolute atomic E-state index is 0.0631. The summed E-state index contributed by atoms with van der Waals surface area (Å²) in [6.45, 7) is 4.80. The third-order valence-electron chi connectivity index (χ3n) is 4.73. The third kappa shape index (κ3) is 2.62. The lowest BCUT2D eigenvalue weighted by atomic mass is 9.91. The highest BCUT2D eigenvalue weighted by Gasteiger charge is 2.33.